The van der Waals surface area contributed by atoms with Gasteiger partial charge in [0, 0.05) is 25.0 Å². The van der Waals surface area contributed by atoms with Gasteiger partial charge in [0.25, 0.3) is 0 Å². The lowest BCUT2D eigenvalue weighted by Gasteiger charge is -2.40. The van der Waals surface area contributed by atoms with Crippen molar-refractivity contribution < 1.29 is 23.1 Å². The maximum atomic E-state index is 13.7. The Hall–Kier alpha value is -3.38. The predicted molar refractivity (Wildman–Crippen MR) is 151 cm³/mol. The van der Waals surface area contributed by atoms with E-state index in [1.807, 2.05) is 91.0 Å². The summed E-state index contributed by atoms with van der Waals surface area (Å²) in [6, 6.07) is 29.6. The quantitative estimate of drug-likeness (QED) is 0.305. The molecular weight excluding hydrogens is 496 g/mol. The van der Waals surface area contributed by atoms with E-state index in [0.29, 0.717) is 31.3 Å². The average molecular weight is 533 g/mol. The maximum absolute atomic E-state index is 13.7. The van der Waals surface area contributed by atoms with Crippen LogP contribution in [0, 0.1) is 5.92 Å². The number of rotatable bonds is 11. The highest BCUT2D eigenvalue weighted by molar-refractivity contribution is 7.91. The average Bonchev–Trinajstić information content (AvgIpc) is 2.88. The first-order valence-electron chi connectivity index (χ1n) is 13.1. The molecular formula is C32H36O5S. The Kier molecular flexibility index (Phi) is 8.72. The summed E-state index contributed by atoms with van der Waals surface area (Å²) in [7, 11) is -3.36. The summed E-state index contributed by atoms with van der Waals surface area (Å²) in [5.74, 6) is -0.835. The second-order valence-electron chi connectivity index (χ2n) is 10.5. The number of benzene rings is 3. The zero-order chi connectivity index (χ0) is 27.2. The number of carbonyl (C=O) groups excluding carboxylic acids is 1. The minimum absolute atomic E-state index is 0.00637. The molecule has 0 fully saturated rings. The Bertz CT molecular complexity index is 1310. The maximum Gasteiger partial charge on any atom is 0.338 e. The molecule has 0 saturated heterocycles. The lowest BCUT2D eigenvalue weighted by molar-refractivity contribution is -0.161. The molecule has 1 N–H and O–H groups in total. The van der Waals surface area contributed by atoms with Gasteiger partial charge in [-0.2, -0.15) is 0 Å². The van der Waals surface area contributed by atoms with Crippen LogP contribution in [0.5, 0.6) is 0 Å². The van der Waals surface area contributed by atoms with Gasteiger partial charge in [0.15, 0.2) is 0 Å². The van der Waals surface area contributed by atoms with Gasteiger partial charge in [-0.05, 0) is 49.3 Å². The first kappa shape index (κ1) is 27.6. The number of ether oxygens (including phenoxy) is 1. The molecule has 1 aliphatic heterocycles. The molecule has 0 spiro atoms. The lowest BCUT2D eigenvalue weighted by Crippen LogP contribution is -2.45. The third kappa shape index (κ3) is 7.13. The van der Waals surface area contributed by atoms with E-state index in [1.54, 1.807) is 6.92 Å². The number of aliphatic hydroxyl groups excluding tert-OH is 1. The van der Waals surface area contributed by atoms with E-state index in [4.69, 9.17) is 4.74 Å². The van der Waals surface area contributed by atoms with Gasteiger partial charge >= 0.3 is 5.97 Å². The van der Waals surface area contributed by atoms with E-state index >= 15 is 0 Å². The SMILES string of the molecule is CC(CC1(CCc2ccccc2)CC(O)=C(C(Cc2ccccc2)Cc2ccccc2)C(=O)O1)S(C)(=O)=O. The Morgan fingerprint density at radius 2 is 1.32 bits per heavy atom. The van der Waals surface area contributed by atoms with Crippen molar-refractivity contribution in [2.75, 3.05) is 6.26 Å². The van der Waals surface area contributed by atoms with E-state index in [2.05, 4.69) is 0 Å². The number of carbonyl (C=O) groups is 1. The molecule has 0 radical (unpaired) electrons. The third-order valence-electron chi connectivity index (χ3n) is 7.49. The summed E-state index contributed by atoms with van der Waals surface area (Å²) >= 11 is 0. The Labute approximate surface area is 226 Å². The topological polar surface area (TPSA) is 80.7 Å². The fourth-order valence-corrected chi connectivity index (χ4v) is 5.94. The number of aryl methyl sites for hydroxylation is 1. The van der Waals surface area contributed by atoms with Crippen molar-refractivity contribution in [2.24, 2.45) is 5.92 Å². The normalized spacial score (nSPS) is 18.9. The monoisotopic (exact) mass is 532 g/mol. The molecule has 4 rings (SSSR count). The molecule has 38 heavy (non-hydrogen) atoms. The van der Waals surface area contributed by atoms with E-state index in [9.17, 15) is 18.3 Å². The van der Waals surface area contributed by atoms with Gasteiger partial charge in [-0.3, -0.25) is 0 Å². The number of esters is 1. The first-order valence-corrected chi connectivity index (χ1v) is 15.1. The number of cyclic esters (lactones) is 1. The second-order valence-corrected chi connectivity index (χ2v) is 13.0. The Balaban J connectivity index is 1.67. The molecule has 5 nitrogen and oxygen atoms in total. The van der Waals surface area contributed by atoms with Crippen LogP contribution in [0.1, 0.15) is 42.9 Å². The third-order valence-corrected chi connectivity index (χ3v) is 9.12. The number of sulfone groups is 1. The second kappa shape index (κ2) is 12.0. The van der Waals surface area contributed by atoms with Gasteiger partial charge < -0.3 is 9.84 Å². The molecule has 0 amide bonds. The fourth-order valence-electron chi connectivity index (χ4n) is 5.33. The van der Waals surface area contributed by atoms with Crippen LogP contribution >= 0.6 is 0 Å². The van der Waals surface area contributed by atoms with Crippen LogP contribution in [0.4, 0.5) is 0 Å². The number of hydrogen-bond acceptors (Lipinski definition) is 5. The van der Waals surface area contributed by atoms with Crippen molar-refractivity contribution in [2.45, 2.75) is 56.3 Å². The molecule has 3 aromatic rings. The van der Waals surface area contributed by atoms with Gasteiger partial charge in [-0.1, -0.05) is 91.0 Å². The Morgan fingerprint density at radius 1 is 0.842 bits per heavy atom. The molecule has 3 aromatic carbocycles. The molecule has 1 heterocycles. The van der Waals surface area contributed by atoms with Crippen LogP contribution in [-0.4, -0.2) is 36.6 Å². The van der Waals surface area contributed by atoms with Crippen molar-refractivity contribution >= 4 is 15.8 Å². The fraction of sp³-hybridized carbons (Fsp3) is 0.344. The van der Waals surface area contributed by atoms with Gasteiger partial charge in [-0.15, -0.1) is 0 Å². The molecule has 2 unspecified atom stereocenters. The molecule has 0 aliphatic carbocycles. The molecule has 200 valence electrons. The molecule has 2 atom stereocenters. The number of aliphatic hydroxyl groups is 1. The highest BCUT2D eigenvalue weighted by Crippen LogP contribution is 2.40. The van der Waals surface area contributed by atoms with Gasteiger partial charge in [-0.25, -0.2) is 13.2 Å². The molecule has 0 aromatic heterocycles. The molecule has 0 saturated carbocycles. The first-order chi connectivity index (χ1) is 18.2. The summed E-state index contributed by atoms with van der Waals surface area (Å²) < 4.78 is 30.9. The van der Waals surface area contributed by atoms with Crippen molar-refractivity contribution in [1.82, 2.24) is 0 Å². The van der Waals surface area contributed by atoms with Gasteiger partial charge in [0.1, 0.15) is 21.2 Å². The minimum Gasteiger partial charge on any atom is -0.512 e. The zero-order valence-electron chi connectivity index (χ0n) is 22.0. The summed E-state index contributed by atoms with van der Waals surface area (Å²) in [6.45, 7) is 1.64. The van der Waals surface area contributed by atoms with Crippen molar-refractivity contribution in [1.29, 1.82) is 0 Å². The summed E-state index contributed by atoms with van der Waals surface area (Å²) in [5.41, 5.74) is 2.38. The predicted octanol–water partition coefficient (Wildman–Crippen LogP) is 6.04. The van der Waals surface area contributed by atoms with Gasteiger partial charge in [0.2, 0.25) is 0 Å². The van der Waals surface area contributed by atoms with Crippen LogP contribution < -0.4 is 0 Å². The molecule has 6 heteroatoms. The summed E-state index contributed by atoms with van der Waals surface area (Å²) in [6.07, 6.45) is 3.59. The largest absolute Gasteiger partial charge is 0.512 e. The van der Waals surface area contributed by atoms with E-state index < -0.39 is 26.7 Å². The van der Waals surface area contributed by atoms with Crippen molar-refractivity contribution in [3.8, 4) is 0 Å². The molecule has 1 aliphatic rings. The van der Waals surface area contributed by atoms with E-state index in [1.165, 1.54) is 6.26 Å². The number of hydrogen-bond donors (Lipinski definition) is 1. The summed E-state index contributed by atoms with van der Waals surface area (Å²) in [5, 5.41) is 10.7. The lowest BCUT2D eigenvalue weighted by atomic mass is 9.79. The Morgan fingerprint density at radius 3 is 1.76 bits per heavy atom. The minimum atomic E-state index is -3.36. The summed E-state index contributed by atoms with van der Waals surface area (Å²) in [4.78, 5) is 13.7. The van der Waals surface area contributed by atoms with Crippen LogP contribution in [0.3, 0.4) is 0 Å². The van der Waals surface area contributed by atoms with Crippen LogP contribution in [0.15, 0.2) is 102 Å². The van der Waals surface area contributed by atoms with Crippen molar-refractivity contribution in [3.63, 3.8) is 0 Å². The highest BCUT2D eigenvalue weighted by atomic mass is 32.2. The highest BCUT2D eigenvalue weighted by Gasteiger charge is 2.45. The zero-order valence-corrected chi connectivity index (χ0v) is 22.9. The van der Waals surface area contributed by atoms with Gasteiger partial charge in [0.05, 0.1) is 10.8 Å². The van der Waals surface area contributed by atoms with Crippen LogP contribution in [0.2, 0.25) is 0 Å². The smallest absolute Gasteiger partial charge is 0.338 e. The van der Waals surface area contributed by atoms with Crippen LogP contribution in [-0.2, 0) is 38.6 Å². The van der Waals surface area contributed by atoms with E-state index in [-0.39, 0.29) is 24.5 Å². The van der Waals surface area contributed by atoms with Crippen molar-refractivity contribution in [3.05, 3.63) is 119 Å². The molecule has 0 bridgehead atoms. The standard InChI is InChI=1S/C32H36O5S/c1-24(38(2,35)36)22-32(19-18-25-12-6-3-7-13-25)23-29(33)30(31(34)37-32)28(20-26-14-8-4-9-15-26)21-27-16-10-5-11-17-27/h3-17,24,28,33H,18-23H2,1-2H3. The van der Waals surface area contributed by atoms with E-state index in [0.717, 1.165) is 16.7 Å². The van der Waals surface area contributed by atoms with Crippen LogP contribution in [0.25, 0.3) is 0 Å².